The highest BCUT2D eigenvalue weighted by atomic mass is 19.4. The van der Waals surface area contributed by atoms with Crippen molar-refractivity contribution in [1.82, 2.24) is 4.90 Å². The summed E-state index contributed by atoms with van der Waals surface area (Å²) < 4.78 is 48.3. The number of rotatable bonds is 1. The number of likely N-dealkylation sites (tertiary alicyclic amines) is 1. The molecule has 1 amide bonds. The Labute approximate surface area is 110 Å². The molecule has 0 aliphatic carbocycles. The maximum absolute atomic E-state index is 12.6. The minimum Gasteiger partial charge on any atom is -0.449 e. The van der Waals surface area contributed by atoms with E-state index in [2.05, 4.69) is 0 Å². The number of carbonyl (C=O) groups excluding carboxylic acids is 1. The van der Waals surface area contributed by atoms with Crippen molar-refractivity contribution in [1.29, 1.82) is 0 Å². The fourth-order valence-corrected chi connectivity index (χ4v) is 2.45. The van der Waals surface area contributed by atoms with E-state index in [-0.39, 0.29) is 26.1 Å². The number of hydrogen-bond acceptors (Lipinski definition) is 3. The van der Waals surface area contributed by atoms with Gasteiger partial charge in [-0.25, -0.2) is 4.79 Å². The van der Waals surface area contributed by atoms with E-state index in [4.69, 9.17) is 9.47 Å². The third kappa shape index (κ3) is 3.16. The highest BCUT2D eigenvalue weighted by Crippen LogP contribution is 2.46. The van der Waals surface area contributed by atoms with E-state index in [1.165, 1.54) is 4.90 Å². The molecule has 2 aliphatic rings. The molecule has 4 nitrogen and oxygen atoms in total. The maximum atomic E-state index is 12.6. The van der Waals surface area contributed by atoms with Crippen molar-refractivity contribution >= 4 is 13.1 Å². The van der Waals surface area contributed by atoms with Crippen molar-refractivity contribution in [3.8, 4) is 0 Å². The minimum atomic E-state index is -4.86. The van der Waals surface area contributed by atoms with Crippen LogP contribution >= 0.6 is 0 Å². The Kier molecular flexibility index (Phi) is 3.28. The van der Waals surface area contributed by atoms with Gasteiger partial charge >= 0.3 is 13.1 Å². The highest BCUT2D eigenvalue weighted by Gasteiger charge is 2.55. The predicted octanol–water partition coefficient (Wildman–Crippen LogP) is 2.61. The molecule has 0 aromatic rings. The van der Waals surface area contributed by atoms with Crippen molar-refractivity contribution in [2.45, 2.75) is 44.2 Å². The largest absolute Gasteiger partial charge is 0.483 e. The molecule has 2 rings (SSSR count). The third-order valence-electron chi connectivity index (χ3n) is 3.38. The Hall–Kier alpha value is -0.915. The molecule has 1 atom stereocenters. The molecule has 19 heavy (non-hydrogen) atoms. The summed E-state index contributed by atoms with van der Waals surface area (Å²) in [7, 11) is 0. The van der Waals surface area contributed by atoms with Gasteiger partial charge in [-0.05, 0) is 33.0 Å². The molecule has 0 bridgehead atoms. The molecular formula is C11H18BF3NO3-. The summed E-state index contributed by atoms with van der Waals surface area (Å²) in [5.74, 6) is -1.36. The Balaban J connectivity index is 1.85. The van der Waals surface area contributed by atoms with Crippen LogP contribution in [0, 0.1) is 0 Å². The van der Waals surface area contributed by atoms with E-state index in [0.29, 0.717) is 0 Å². The molecule has 0 saturated carbocycles. The second-order valence-electron chi connectivity index (χ2n) is 6.42. The van der Waals surface area contributed by atoms with Crippen molar-refractivity contribution in [2.75, 3.05) is 19.7 Å². The Morgan fingerprint density at radius 2 is 1.95 bits per heavy atom. The van der Waals surface area contributed by atoms with E-state index in [1.807, 2.05) is 0 Å². The molecule has 2 fully saturated rings. The monoisotopic (exact) mass is 280 g/mol. The van der Waals surface area contributed by atoms with Gasteiger partial charge in [0.15, 0.2) is 0 Å². The zero-order valence-corrected chi connectivity index (χ0v) is 11.3. The number of amides is 1. The van der Waals surface area contributed by atoms with Crippen LogP contribution in [0.5, 0.6) is 0 Å². The first-order valence-electron chi connectivity index (χ1n) is 6.33. The Morgan fingerprint density at radius 1 is 1.37 bits per heavy atom. The van der Waals surface area contributed by atoms with Crippen molar-refractivity contribution in [3.05, 3.63) is 0 Å². The van der Waals surface area contributed by atoms with E-state index >= 15 is 0 Å². The average Bonchev–Trinajstić information content (AvgIpc) is 2.55. The summed E-state index contributed by atoms with van der Waals surface area (Å²) in [6.45, 7) is 0.455. The van der Waals surface area contributed by atoms with Gasteiger partial charge in [0.05, 0.1) is 13.1 Å². The summed E-state index contributed by atoms with van der Waals surface area (Å²) in [4.78, 5) is 13.1. The second kappa shape index (κ2) is 4.29. The van der Waals surface area contributed by atoms with Gasteiger partial charge in [-0.1, -0.05) is 0 Å². The van der Waals surface area contributed by atoms with Crippen molar-refractivity contribution in [3.63, 3.8) is 0 Å². The summed E-state index contributed by atoms with van der Waals surface area (Å²) in [6.07, 6.45) is -0.543. The van der Waals surface area contributed by atoms with Crippen LogP contribution in [0.2, 0.25) is 5.82 Å². The molecule has 2 saturated heterocycles. The first-order chi connectivity index (χ1) is 8.51. The molecular weight excluding hydrogens is 262 g/mol. The summed E-state index contributed by atoms with van der Waals surface area (Å²) in [5.41, 5.74) is -1.41. The van der Waals surface area contributed by atoms with Gasteiger partial charge < -0.3 is 27.3 Å². The van der Waals surface area contributed by atoms with Crippen molar-refractivity contribution in [2.24, 2.45) is 0 Å². The smallest absolute Gasteiger partial charge is 0.449 e. The Bertz CT molecular complexity index is 374. The number of hydrogen-bond donors (Lipinski definition) is 0. The Morgan fingerprint density at radius 3 is 2.37 bits per heavy atom. The minimum absolute atomic E-state index is 0.0458. The number of carbonyl (C=O) groups is 1. The predicted molar refractivity (Wildman–Crippen MR) is 63.9 cm³/mol. The molecule has 8 heteroatoms. The molecule has 0 aromatic carbocycles. The molecule has 2 aliphatic heterocycles. The molecule has 2 heterocycles. The lowest BCUT2D eigenvalue weighted by molar-refractivity contribution is -0.109. The van der Waals surface area contributed by atoms with Gasteiger partial charge in [0.1, 0.15) is 11.2 Å². The highest BCUT2D eigenvalue weighted by molar-refractivity contribution is 6.60. The van der Waals surface area contributed by atoms with Crippen LogP contribution in [0.1, 0.15) is 27.2 Å². The van der Waals surface area contributed by atoms with Gasteiger partial charge in [-0.2, -0.15) is 0 Å². The van der Waals surface area contributed by atoms with Crippen LogP contribution in [0.3, 0.4) is 0 Å². The first-order valence-corrected chi connectivity index (χ1v) is 6.33. The standard InChI is InChI=1S/C11H18BF3NO3/c1-10(2,3)19-9(17)16-6-11(7-16)4-8(5-18-11)12(13,14)15/h8H,4-7H2,1-3H3/q-1. The lowest BCUT2D eigenvalue weighted by Crippen LogP contribution is -2.63. The fraction of sp³-hybridized carbons (Fsp3) is 0.909. The van der Waals surface area contributed by atoms with Gasteiger partial charge in [0, 0.05) is 6.61 Å². The van der Waals surface area contributed by atoms with E-state index < -0.39 is 30.1 Å². The van der Waals surface area contributed by atoms with Crippen LogP contribution in [0.4, 0.5) is 17.7 Å². The number of nitrogens with zero attached hydrogens (tertiary/aromatic N) is 1. The van der Waals surface area contributed by atoms with Gasteiger partial charge in [0.25, 0.3) is 0 Å². The first kappa shape index (κ1) is 14.5. The van der Waals surface area contributed by atoms with E-state index in [1.54, 1.807) is 20.8 Å². The number of halogens is 3. The SMILES string of the molecule is CC(C)(C)OC(=O)N1CC2(CC([B-](F)(F)F)CO2)C1. The molecule has 0 radical (unpaired) electrons. The van der Waals surface area contributed by atoms with Crippen LogP contribution in [0.25, 0.3) is 0 Å². The third-order valence-corrected chi connectivity index (χ3v) is 3.38. The quantitative estimate of drug-likeness (QED) is 0.693. The van der Waals surface area contributed by atoms with Crippen molar-refractivity contribution < 1.29 is 27.2 Å². The fourth-order valence-electron chi connectivity index (χ4n) is 2.45. The lowest BCUT2D eigenvalue weighted by Gasteiger charge is -2.47. The van der Waals surface area contributed by atoms with E-state index in [0.717, 1.165) is 0 Å². The van der Waals surface area contributed by atoms with E-state index in [9.17, 15) is 17.7 Å². The summed E-state index contributed by atoms with van der Waals surface area (Å²) in [5, 5.41) is 0. The average molecular weight is 280 g/mol. The lowest BCUT2D eigenvalue weighted by atomic mass is 9.68. The van der Waals surface area contributed by atoms with Gasteiger partial charge in [-0.15, -0.1) is 0 Å². The maximum Gasteiger partial charge on any atom is 0.483 e. The number of ether oxygens (including phenoxy) is 2. The molecule has 0 N–H and O–H groups in total. The summed E-state index contributed by atoms with van der Waals surface area (Å²) in [6, 6.07) is 0. The molecule has 1 spiro atoms. The van der Waals surface area contributed by atoms with Crippen LogP contribution in [-0.4, -0.2) is 48.9 Å². The zero-order chi connectivity index (χ0) is 14.5. The molecule has 0 aromatic heterocycles. The van der Waals surface area contributed by atoms with Gasteiger partial charge in [-0.3, -0.25) is 0 Å². The van der Waals surface area contributed by atoms with Crippen LogP contribution < -0.4 is 0 Å². The zero-order valence-electron chi connectivity index (χ0n) is 11.3. The molecule has 1 unspecified atom stereocenters. The van der Waals surface area contributed by atoms with Gasteiger partial charge in [0.2, 0.25) is 0 Å². The summed E-state index contributed by atoms with van der Waals surface area (Å²) >= 11 is 0. The topological polar surface area (TPSA) is 38.8 Å². The van der Waals surface area contributed by atoms with Crippen LogP contribution in [0.15, 0.2) is 0 Å². The normalized spacial score (nSPS) is 26.4. The van der Waals surface area contributed by atoms with Crippen LogP contribution in [-0.2, 0) is 9.47 Å². The second-order valence-corrected chi connectivity index (χ2v) is 6.42. The molecule has 110 valence electrons.